The van der Waals surface area contributed by atoms with Crippen LogP contribution in [-0.2, 0) is 16.6 Å². The summed E-state index contributed by atoms with van der Waals surface area (Å²) in [6.07, 6.45) is 0.780. The van der Waals surface area contributed by atoms with Gasteiger partial charge in [-0.3, -0.25) is 4.79 Å². The van der Waals surface area contributed by atoms with Crippen molar-refractivity contribution in [3.63, 3.8) is 0 Å². The Balaban J connectivity index is 1.85. The molecule has 128 valence electrons. The Morgan fingerprint density at radius 2 is 1.96 bits per heavy atom. The molecular formula is C16H20N4O3S. The molecule has 0 bridgehead atoms. The predicted octanol–water partition coefficient (Wildman–Crippen LogP) is 2.42. The van der Waals surface area contributed by atoms with E-state index in [4.69, 9.17) is 4.74 Å². The summed E-state index contributed by atoms with van der Waals surface area (Å²) in [7, 11) is 1.85. The maximum Gasteiger partial charge on any atom is 0.338 e. The average molecular weight is 348 g/mol. The maximum absolute atomic E-state index is 12.0. The molecule has 1 amide bonds. The van der Waals surface area contributed by atoms with Gasteiger partial charge in [0.15, 0.2) is 5.16 Å². The number of carbonyl (C=O) groups excluding carboxylic acids is 2. The van der Waals surface area contributed by atoms with Crippen molar-refractivity contribution in [3.8, 4) is 0 Å². The van der Waals surface area contributed by atoms with Crippen LogP contribution in [0.4, 0.5) is 5.69 Å². The van der Waals surface area contributed by atoms with Gasteiger partial charge in [0.25, 0.3) is 0 Å². The number of hydrogen-bond donors (Lipinski definition) is 1. The number of esters is 1. The molecule has 7 nitrogen and oxygen atoms in total. The third kappa shape index (κ3) is 4.82. The van der Waals surface area contributed by atoms with Crippen molar-refractivity contribution in [2.45, 2.75) is 25.4 Å². The Morgan fingerprint density at radius 3 is 2.54 bits per heavy atom. The third-order valence-corrected chi connectivity index (χ3v) is 4.25. The van der Waals surface area contributed by atoms with Gasteiger partial charge in [-0.05, 0) is 37.6 Å². The molecular weight excluding hydrogens is 328 g/mol. The first-order valence-corrected chi connectivity index (χ1v) is 8.55. The predicted molar refractivity (Wildman–Crippen MR) is 92.1 cm³/mol. The van der Waals surface area contributed by atoms with Crippen LogP contribution in [0.3, 0.4) is 0 Å². The van der Waals surface area contributed by atoms with E-state index in [0.29, 0.717) is 23.0 Å². The number of nitrogens with one attached hydrogen (secondary N) is 1. The summed E-state index contributed by atoms with van der Waals surface area (Å²) >= 11 is 1.32. The van der Waals surface area contributed by atoms with Crippen LogP contribution >= 0.6 is 11.8 Å². The summed E-state index contributed by atoms with van der Waals surface area (Å²) in [5.41, 5.74) is 1.09. The van der Waals surface area contributed by atoms with Gasteiger partial charge in [0.1, 0.15) is 5.82 Å². The smallest absolute Gasteiger partial charge is 0.338 e. The summed E-state index contributed by atoms with van der Waals surface area (Å²) in [5.74, 6) is 0.514. The largest absolute Gasteiger partial charge is 0.462 e. The number of thioether (sulfide) groups is 1. The molecule has 0 unspecified atom stereocenters. The van der Waals surface area contributed by atoms with Gasteiger partial charge >= 0.3 is 5.97 Å². The summed E-state index contributed by atoms with van der Waals surface area (Å²) in [4.78, 5) is 23.7. The zero-order valence-corrected chi connectivity index (χ0v) is 14.7. The molecule has 0 aliphatic carbocycles. The lowest BCUT2D eigenvalue weighted by Gasteiger charge is -2.07. The number of hydrogen-bond acceptors (Lipinski definition) is 6. The van der Waals surface area contributed by atoms with Gasteiger partial charge in [-0.15, -0.1) is 10.2 Å². The molecule has 1 N–H and O–H groups in total. The number of aromatic nitrogens is 3. The highest BCUT2D eigenvalue weighted by Gasteiger charge is 2.10. The van der Waals surface area contributed by atoms with E-state index in [9.17, 15) is 9.59 Å². The lowest BCUT2D eigenvalue weighted by Crippen LogP contribution is -2.14. The first-order chi connectivity index (χ1) is 11.5. The number of nitrogens with zero attached hydrogens (tertiary/aromatic N) is 3. The van der Waals surface area contributed by atoms with Crippen molar-refractivity contribution < 1.29 is 14.3 Å². The Hall–Kier alpha value is -2.35. The molecule has 24 heavy (non-hydrogen) atoms. The molecule has 0 saturated heterocycles. The highest BCUT2D eigenvalue weighted by atomic mass is 32.2. The molecule has 0 radical (unpaired) electrons. The standard InChI is InChI=1S/C16H20N4O3S/c1-4-9-23-15(22)12-5-7-13(8-6-12)17-14(21)10-24-16-19-18-11(2)20(16)3/h5-8H,4,9-10H2,1-3H3,(H,17,21). The highest BCUT2D eigenvalue weighted by Crippen LogP contribution is 2.16. The van der Waals surface area contributed by atoms with Gasteiger partial charge in [0, 0.05) is 12.7 Å². The van der Waals surface area contributed by atoms with Gasteiger partial charge in [0.2, 0.25) is 5.91 Å². The Bertz CT molecular complexity index is 713. The SMILES string of the molecule is CCCOC(=O)c1ccc(NC(=O)CSc2nnc(C)n2C)cc1. The summed E-state index contributed by atoms with van der Waals surface area (Å²) in [5, 5.41) is 11.4. The third-order valence-electron chi connectivity index (χ3n) is 3.23. The zero-order chi connectivity index (χ0) is 17.5. The van der Waals surface area contributed by atoms with Gasteiger partial charge in [-0.2, -0.15) is 0 Å². The molecule has 0 saturated carbocycles. The lowest BCUT2D eigenvalue weighted by molar-refractivity contribution is -0.113. The Labute approximate surface area is 144 Å². The van der Waals surface area contributed by atoms with Crippen LogP contribution in [-0.4, -0.2) is 39.0 Å². The van der Waals surface area contributed by atoms with Crippen LogP contribution in [0.1, 0.15) is 29.5 Å². The number of rotatable bonds is 7. The summed E-state index contributed by atoms with van der Waals surface area (Å²) in [6, 6.07) is 6.62. The zero-order valence-electron chi connectivity index (χ0n) is 13.9. The molecule has 2 rings (SSSR count). The quantitative estimate of drug-likeness (QED) is 0.611. The van der Waals surface area contributed by atoms with Crippen molar-refractivity contribution in [1.29, 1.82) is 0 Å². The number of ether oxygens (including phenoxy) is 1. The van der Waals surface area contributed by atoms with E-state index in [1.165, 1.54) is 11.8 Å². The molecule has 0 aliphatic heterocycles. The van der Waals surface area contributed by atoms with E-state index >= 15 is 0 Å². The van der Waals surface area contributed by atoms with E-state index in [0.717, 1.165) is 12.2 Å². The number of anilines is 1. The van der Waals surface area contributed by atoms with E-state index < -0.39 is 0 Å². The summed E-state index contributed by atoms with van der Waals surface area (Å²) < 4.78 is 6.88. The van der Waals surface area contributed by atoms with E-state index in [1.54, 1.807) is 24.3 Å². The molecule has 1 aromatic heterocycles. The van der Waals surface area contributed by atoms with Crippen LogP contribution < -0.4 is 5.32 Å². The topological polar surface area (TPSA) is 86.1 Å². The van der Waals surface area contributed by atoms with Gasteiger partial charge < -0.3 is 14.6 Å². The Morgan fingerprint density at radius 1 is 1.25 bits per heavy atom. The van der Waals surface area contributed by atoms with Gasteiger partial charge in [-0.1, -0.05) is 18.7 Å². The van der Waals surface area contributed by atoms with Crippen molar-refractivity contribution in [2.24, 2.45) is 7.05 Å². The van der Waals surface area contributed by atoms with Crippen molar-refractivity contribution in [3.05, 3.63) is 35.7 Å². The minimum atomic E-state index is -0.358. The minimum Gasteiger partial charge on any atom is -0.462 e. The van der Waals surface area contributed by atoms with Crippen molar-refractivity contribution >= 4 is 29.3 Å². The monoisotopic (exact) mass is 348 g/mol. The van der Waals surface area contributed by atoms with Crippen LogP contribution in [0, 0.1) is 6.92 Å². The number of benzene rings is 1. The fourth-order valence-corrected chi connectivity index (χ4v) is 2.56. The van der Waals surface area contributed by atoms with E-state index in [2.05, 4.69) is 15.5 Å². The van der Waals surface area contributed by atoms with Crippen LogP contribution in [0.5, 0.6) is 0 Å². The first kappa shape index (κ1) is 18.0. The second-order valence-corrected chi connectivity index (χ2v) is 6.08. The normalized spacial score (nSPS) is 10.5. The number of aryl methyl sites for hydroxylation is 1. The molecule has 1 heterocycles. The number of carbonyl (C=O) groups is 2. The number of amides is 1. The molecule has 2 aromatic rings. The minimum absolute atomic E-state index is 0.151. The fraction of sp³-hybridized carbons (Fsp3) is 0.375. The maximum atomic E-state index is 12.0. The second kappa shape index (κ2) is 8.49. The van der Waals surface area contributed by atoms with Crippen LogP contribution in [0.25, 0.3) is 0 Å². The van der Waals surface area contributed by atoms with Gasteiger partial charge in [0.05, 0.1) is 17.9 Å². The lowest BCUT2D eigenvalue weighted by atomic mass is 10.2. The highest BCUT2D eigenvalue weighted by molar-refractivity contribution is 7.99. The van der Waals surface area contributed by atoms with Crippen molar-refractivity contribution in [2.75, 3.05) is 17.7 Å². The molecule has 0 fully saturated rings. The van der Waals surface area contributed by atoms with E-state index in [-0.39, 0.29) is 17.6 Å². The molecule has 0 aliphatic rings. The van der Waals surface area contributed by atoms with E-state index in [1.807, 2.05) is 25.5 Å². The van der Waals surface area contributed by atoms with Crippen molar-refractivity contribution in [1.82, 2.24) is 14.8 Å². The second-order valence-electron chi connectivity index (χ2n) is 5.14. The average Bonchev–Trinajstić information content (AvgIpc) is 2.90. The van der Waals surface area contributed by atoms with Crippen LogP contribution in [0.15, 0.2) is 29.4 Å². The first-order valence-electron chi connectivity index (χ1n) is 7.57. The summed E-state index contributed by atoms with van der Waals surface area (Å²) in [6.45, 7) is 4.19. The van der Waals surface area contributed by atoms with Gasteiger partial charge in [-0.25, -0.2) is 4.79 Å². The molecule has 8 heteroatoms. The molecule has 0 spiro atoms. The molecule has 1 aromatic carbocycles. The van der Waals surface area contributed by atoms with Crippen LogP contribution in [0.2, 0.25) is 0 Å². The Kier molecular flexibility index (Phi) is 6.36. The molecule has 0 atom stereocenters. The fourth-order valence-electron chi connectivity index (χ4n) is 1.81.